The molecule has 0 atom stereocenters. The Kier molecular flexibility index (Phi) is 2.76. The monoisotopic (exact) mass is 234 g/mol. The standard InChI is InChI=1S/C13H15ClN2/c1-8-5-11(6-9(2)12(8)14)13-15-10(3)7-16(13)4/h5-7H,1-4H3. The molecule has 3 heteroatoms. The van der Waals surface area contributed by atoms with Crippen LogP contribution in [-0.2, 0) is 7.05 Å². The zero-order valence-corrected chi connectivity index (χ0v) is 10.8. The lowest BCUT2D eigenvalue weighted by atomic mass is 10.1. The number of imidazole rings is 1. The summed E-state index contributed by atoms with van der Waals surface area (Å²) in [4.78, 5) is 4.51. The molecule has 0 bridgehead atoms. The molecule has 2 rings (SSSR count). The molecule has 2 nitrogen and oxygen atoms in total. The fourth-order valence-corrected chi connectivity index (χ4v) is 2.07. The number of aryl methyl sites for hydroxylation is 4. The predicted molar refractivity (Wildman–Crippen MR) is 67.9 cm³/mol. The van der Waals surface area contributed by atoms with Gasteiger partial charge in [0, 0.05) is 23.8 Å². The number of rotatable bonds is 1. The van der Waals surface area contributed by atoms with E-state index in [-0.39, 0.29) is 0 Å². The SMILES string of the molecule is Cc1cn(C)c(-c2cc(C)c(Cl)c(C)c2)n1. The van der Waals surface area contributed by atoms with Gasteiger partial charge in [0.25, 0.3) is 0 Å². The summed E-state index contributed by atoms with van der Waals surface area (Å²) >= 11 is 6.15. The Labute approximate surface area is 101 Å². The molecule has 0 amide bonds. The van der Waals surface area contributed by atoms with Gasteiger partial charge >= 0.3 is 0 Å². The van der Waals surface area contributed by atoms with E-state index in [2.05, 4.69) is 17.1 Å². The third kappa shape index (κ3) is 1.85. The largest absolute Gasteiger partial charge is 0.334 e. The van der Waals surface area contributed by atoms with E-state index < -0.39 is 0 Å². The molecule has 0 saturated carbocycles. The Morgan fingerprint density at radius 3 is 2.12 bits per heavy atom. The van der Waals surface area contributed by atoms with E-state index in [1.54, 1.807) is 0 Å². The van der Waals surface area contributed by atoms with Crippen molar-refractivity contribution in [3.63, 3.8) is 0 Å². The summed E-state index contributed by atoms with van der Waals surface area (Å²) in [5.41, 5.74) is 4.34. The van der Waals surface area contributed by atoms with Gasteiger partial charge in [-0.2, -0.15) is 0 Å². The maximum atomic E-state index is 6.15. The molecule has 84 valence electrons. The first-order valence-corrected chi connectivity index (χ1v) is 5.64. The van der Waals surface area contributed by atoms with E-state index in [1.807, 2.05) is 38.6 Å². The number of benzene rings is 1. The quantitative estimate of drug-likeness (QED) is 0.736. The molecule has 0 aliphatic heterocycles. The number of halogens is 1. The van der Waals surface area contributed by atoms with E-state index >= 15 is 0 Å². The van der Waals surface area contributed by atoms with Crippen LogP contribution in [-0.4, -0.2) is 9.55 Å². The van der Waals surface area contributed by atoms with Crippen molar-refractivity contribution in [3.8, 4) is 11.4 Å². The normalized spacial score (nSPS) is 10.8. The Balaban J connectivity index is 2.61. The Morgan fingerprint density at radius 1 is 1.12 bits per heavy atom. The van der Waals surface area contributed by atoms with Crippen molar-refractivity contribution < 1.29 is 0 Å². The summed E-state index contributed by atoms with van der Waals surface area (Å²) in [7, 11) is 2.01. The van der Waals surface area contributed by atoms with Crippen molar-refractivity contribution in [1.82, 2.24) is 9.55 Å². The van der Waals surface area contributed by atoms with Gasteiger partial charge in [-0.1, -0.05) is 11.6 Å². The number of hydrogen-bond donors (Lipinski definition) is 0. The van der Waals surface area contributed by atoms with E-state index in [9.17, 15) is 0 Å². The first kappa shape index (κ1) is 11.2. The lowest BCUT2D eigenvalue weighted by Gasteiger charge is -2.07. The van der Waals surface area contributed by atoms with Gasteiger partial charge in [-0.15, -0.1) is 0 Å². The summed E-state index contributed by atoms with van der Waals surface area (Å²) < 4.78 is 2.04. The smallest absolute Gasteiger partial charge is 0.139 e. The average molecular weight is 235 g/mol. The fraction of sp³-hybridized carbons (Fsp3) is 0.308. The van der Waals surface area contributed by atoms with Gasteiger partial charge in [-0.25, -0.2) is 4.98 Å². The molecule has 0 aliphatic rings. The third-order valence-electron chi connectivity index (χ3n) is 2.69. The van der Waals surface area contributed by atoms with Crippen molar-refractivity contribution in [2.45, 2.75) is 20.8 Å². The van der Waals surface area contributed by atoms with Crippen LogP contribution >= 0.6 is 11.6 Å². The lowest BCUT2D eigenvalue weighted by Crippen LogP contribution is -1.93. The number of nitrogens with zero attached hydrogens (tertiary/aromatic N) is 2. The van der Waals surface area contributed by atoms with Crippen molar-refractivity contribution in [3.05, 3.63) is 40.2 Å². The van der Waals surface area contributed by atoms with Gasteiger partial charge in [0.05, 0.1) is 5.69 Å². The highest BCUT2D eigenvalue weighted by atomic mass is 35.5. The fourth-order valence-electron chi connectivity index (χ4n) is 1.96. The van der Waals surface area contributed by atoms with Crippen LogP contribution in [0.25, 0.3) is 11.4 Å². The zero-order valence-electron chi connectivity index (χ0n) is 10.0. The minimum atomic E-state index is 0.842. The molecule has 0 saturated heterocycles. The van der Waals surface area contributed by atoms with Crippen LogP contribution in [0.1, 0.15) is 16.8 Å². The first-order valence-electron chi connectivity index (χ1n) is 5.26. The molecule has 1 heterocycles. The molecule has 0 aliphatic carbocycles. The van der Waals surface area contributed by atoms with Crippen LogP contribution in [0.15, 0.2) is 18.3 Å². The molecular formula is C13H15ClN2. The predicted octanol–water partition coefficient (Wildman–Crippen LogP) is 3.67. The topological polar surface area (TPSA) is 17.8 Å². The summed E-state index contributed by atoms with van der Waals surface area (Å²) in [5, 5.41) is 0.842. The van der Waals surface area contributed by atoms with Crippen molar-refractivity contribution >= 4 is 11.6 Å². The molecule has 16 heavy (non-hydrogen) atoms. The molecule has 0 fully saturated rings. The second-order valence-corrected chi connectivity index (χ2v) is 4.62. The highest BCUT2D eigenvalue weighted by Gasteiger charge is 2.09. The lowest BCUT2D eigenvalue weighted by molar-refractivity contribution is 0.923. The molecule has 0 spiro atoms. The van der Waals surface area contributed by atoms with E-state index in [0.717, 1.165) is 33.2 Å². The molecule has 0 radical (unpaired) electrons. The molecule has 1 aromatic carbocycles. The summed E-state index contributed by atoms with van der Waals surface area (Å²) in [6.07, 6.45) is 2.02. The molecule has 0 N–H and O–H groups in total. The van der Waals surface area contributed by atoms with E-state index in [4.69, 9.17) is 11.6 Å². The molecule has 2 aromatic rings. The molecular weight excluding hydrogens is 220 g/mol. The molecule has 1 aromatic heterocycles. The van der Waals surface area contributed by atoms with E-state index in [1.165, 1.54) is 0 Å². The number of hydrogen-bond acceptors (Lipinski definition) is 1. The van der Waals surface area contributed by atoms with Crippen LogP contribution < -0.4 is 0 Å². The third-order valence-corrected chi connectivity index (χ3v) is 3.29. The maximum Gasteiger partial charge on any atom is 0.139 e. The van der Waals surface area contributed by atoms with Crippen LogP contribution in [0, 0.1) is 20.8 Å². The Morgan fingerprint density at radius 2 is 1.69 bits per heavy atom. The van der Waals surface area contributed by atoms with Gasteiger partial charge in [0.1, 0.15) is 5.82 Å². The van der Waals surface area contributed by atoms with Crippen LogP contribution in [0.2, 0.25) is 5.02 Å². The van der Waals surface area contributed by atoms with Gasteiger partial charge in [-0.05, 0) is 44.0 Å². The van der Waals surface area contributed by atoms with Crippen molar-refractivity contribution in [1.29, 1.82) is 0 Å². The summed E-state index contributed by atoms with van der Waals surface area (Å²) in [5.74, 6) is 0.986. The van der Waals surface area contributed by atoms with Gasteiger partial charge in [-0.3, -0.25) is 0 Å². The average Bonchev–Trinajstić information content (AvgIpc) is 2.53. The van der Waals surface area contributed by atoms with Crippen molar-refractivity contribution in [2.24, 2.45) is 7.05 Å². The molecule has 0 unspecified atom stereocenters. The Hall–Kier alpha value is -1.28. The second-order valence-electron chi connectivity index (χ2n) is 4.24. The van der Waals surface area contributed by atoms with Gasteiger partial charge in [0.15, 0.2) is 0 Å². The highest BCUT2D eigenvalue weighted by Crippen LogP contribution is 2.27. The summed E-state index contributed by atoms with van der Waals surface area (Å²) in [6.45, 7) is 6.04. The maximum absolute atomic E-state index is 6.15. The van der Waals surface area contributed by atoms with Crippen LogP contribution in [0.4, 0.5) is 0 Å². The zero-order chi connectivity index (χ0) is 11.9. The first-order chi connectivity index (χ1) is 7.49. The summed E-state index contributed by atoms with van der Waals surface area (Å²) in [6, 6.07) is 4.16. The van der Waals surface area contributed by atoms with Crippen LogP contribution in [0.3, 0.4) is 0 Å². The second kappa shape index (κ2) is 3.95. The Bertz CT molecular complexity index is 518. The van der Waals surface area contributed by atoms with Crippen molar-refractivity contribution in [2.75, 3.05) is 0 Å². The minimum absolute atomic E-state index is 0.842. The highest BCUT2D eigenvalue weighted by molar-refractivity contribution is 6.32. The van der Waals surface area contributed by atoms with Gasteiger partial charge in [0.2, 0.25) is 0 Å². The van der Waals surface area contributed by atoms with Crippen LogP contribution in [0.5, 0.6) is 0 Å². The van der Waals surface area contributed by atoms with Gasteiger partial charge < -0.3 is 4.57 Å². The van der Waals surface area contributed by atoms with E-state index in [0.29, 0.717) is 0 Å². The number of aromatic nitrogens is 2. The minimum Gasteiger partial charge on any atom is -0.334 e.